The molecule has 1 aliphatic heterocycles. The minimum Gasteiger partial charge on any atom is -0.267 e. The van der Waals surface area contributed by atoms with Crippen LogP contribution < -0.4 is 0 Å². The number of rotatable bonds is 4. The number of hydrogen-bond acceptors (Lipinski definition) is 4. The molecule has 1 fully saturated rings. The zero-order valence-corrected chi connectivity index (χ0v) is 21.2. The van der Waals surface area contributed by atoms with Crippen molar-refractivity contribution in [1.82, 2.24) is 5.01 Å². The van der Waals surface area contributed by atoms with Gasteiger partial charge in [-0.1, -0.05) is 59.1 Å². The molecule has 3 aromatic rings. The largest absolute Gasteiger partial charge is 0.276 e. The Kier molecular flexibility index (Phi) is 6.84. The number of allylic oxidation sites excluding steroid dienone is 1. The quantitative estimate of drug-likeness (QED) is 0.248. The number of fused-ring (bicyclic) bond motifs is 1. The molecule has 36 heavy (non-hydrogen) atoms. The van der Waals surface area contributed by atoms with Crippen LogP contribution in [0.4, 0.5) is 5.69 Å². The molecule has 0 spiro atoms. The van der Waals surface area contributed by atoms with Gasteiger partial charge in [-0.05, 0) is 72.4 Å². The first-order valence-corrected chi connectivity index (χ1v) is 12.5. The van der Waals surface area contributed by atoms with Crippen LogP contribution in [0.5, 0.6) is 0 Å². The van der Waals surface area contributed by atoms with Crippen molar-refractivity contribution in [3.63, 3.8) is 0 Å². The van der Waals surface area contributed by atoms with Crippen LogP contribution >= 0.6 is 34.8 Å². The summed E-state index contributed by atoms with van der Waals surface area (Å²) in [6, 6.07) is 18.3. The second-order valence-electron chi connectivity index (χ2n) is 8.77. The van der Waals surface area contributed by atoms with Crippen LogP contribution in [0.2, 0.25) is 15.1 Å². The first kappa shape index (κ1) is 24.5. The Bertz CT molecular complexity index is 1400. The average molecular weight is 541 g/mol. The van der Waals surface area contributed by atoms with Crippen molar-refractivity contribution in [2.45, 2.75) is 25.3 Å². The molecule has 0 radical (unpaired) electrons. The number of non-ortho nitro benzene ring substituents is 1. The number of halogens is 3. The Balaban J connectivity index is 1.60. The third-order valence-electron chi connectivity index (χ3n) is 6.52. The van der Waals surface area contributed by atoms with E-state index in [0.717, 1.165) is 41.7 Å². The highest BCUT2D eigenvalue weighted by Crippen LogP contribution is 2.45. The zero-order chi connectivity index (χ0) is 25.4. The van der Waals surface area contributed by atoms with Crippen molar-refractivity contribution in [1.29, 1.82) is 0 Å². The van der Waals surface area contributed by atoms with E-state index in [-0.39, 0.29) is 22.2 Å². The summed E-state index contributed by atoms with van der Waals surface area (Å²) in [5, 5.41) is 19.0. The summed E-state index contributed by atoms with van der Waals surface area (Å²) in [4.78, 5) is 24.6. The fraction of sp³-hybridized carbons (Fsp3) is 0.185. The summed E-state index contributed by atoms with van der Waals surface area (Å²) in [6.45, 7) is 0. The molecule has 6 nitrogen and oxygen atoms in total. The minimum atomic E-state index is -0.549. The molecule has 0 unspecified atom stereocenters. The van der Waals surface area contributed by atoms with Gasteiger partial charge in [0.1, 0.15) is 0 Å². The van der Waals surface area contributed by atoms with E-state index in [9.17, 15) is 14.9 Å². The number of benzene rings is 3. The summed E-state index contributed by atoms with van der Waals surface area (Å²) in [5.74, 6) is -0.531. The average Bonchev–Trinajstić information content (AvgIpc) is 3.26. The Morgan fingerprint density at radius 1 is 1.00 bits per heavy atom. The minimum absolute atomic E-state index is 0.0380. The number of hydrogen-bond donors (Lipinski definition) is 0. The van der Waals surface area contributed by atoms with Crippen LogP contribution in [0.3, 0.4) is 0 Å². The van der Waals surface area contributed by atoms with Gasteiger partial charge in [0.25, 0.3) is 11.6 Å². The molecule has 5 rings (SSSR count). The van der Waals surface area contributed by atoms with Crippen molar-refractivity contribution < 1.29 is 9.72 Å². The third kappa shape index (κ3) is 4.76. The lowest BCUT2D eigenvalue weighted by atomic mass is 9.77. The molecular weight excluding hydrogens is 521 g/mol. The maximum atomic E-state index is 13.8. The monoisotopic (exact) mass is 539 g/mol. The SMILES string of the molecule is O=C(c1cc([N+](=O)[O-])ccc1Cl)N1N=C2/C(=C/c3ccc(Cl)cc3)CCC[C@@H]2[C@H]1c1ccc(Cl)cc1. The molecule has 0 saturated heterocycles. The van der Waals surface area contributed by atoms with Gasteiger partial charge < -0.3 is 0 Å². The molecule has 3 aromatic carbocycles. The van der Waals surface area contributed by atoms with Gasteiger partial charge in [-0.25, -0.2) is 5.01 Å². The van der Waals surface area contributed by atoms with Crippen LogP contribution in [0.1, 0.15) is 46.8 Å². The van der Waals surface area contributed by atoms with Gasteiger partial charge in [0.2, 0.25) is 0 Å². The number of nitro groups is 1. The van der Waals surface area contributed by atoms with Gasteiger partial charge in [-0.3, -0.25) is 14.9 Å². The first-order chi connectivity index (χ1) is 17.3. The Labute approximate surface area is 222 Å². The molecule has 2 atom stereocenters. The summed E-state index contributed by atoms with van der Waals surface area (Å²) in [7, 11) is 0. The molecule has 9 heteroatoms. The Morgan fingerprint density at radius 2 is 1.67 bits per heavy atom. The van der Waals surface area contributed by atoms with Gasteiger partial charge in [-0.2, -0.15) is 5.10 Å². The van der Waals surface area contributed by atoms with Crippen LogP contribution in [-0.2, 0) is 0 Å². The molecule has 182 valence electrons. The van der Waals surface area contributed by atoms with Gasteiger partial charge in [-0.15, -0.1) is 0 Å². The second kappa shape index (κ2) is 10.1. The fourth-order valence-corrected chi connectivity index (χ4v) is 5.29. The number of carbonyl (C=O) groups excluding carboxylic acids is 1. The highest BCUT2D eigenvalue weighted by Gasteiger charge is 2.44. The predicted molar refractivity (Wildman–Crippen MR) is 143 cm³/mol. The van der Waals surface area contributed by atoms with Crippen molar-refractivity contribution in [2.75, 3.05) is 0 Å². The molecular formula is C27H20Cl3N3O3. The maximum Gasteiger partial charge on any atom is 0.276 e. The van der Waals surface area contributed by atoms with Crippen LogP contribution in [0.15, 0.2) is 77.4 Å². The molecule has 1 amide bonds. The number of carbonyl (C=O) groups is 1. The van der Waals surface area contributed by atoms with Crippen molar-refractivity contribution >= 4 is 58.2 Å². The van der Waals surface area contributed by atoms with Crippen molar-refractivity contribution in [3.05, 3.63) is 114 Å². The van der Waals surface area contributed by atoms with E-state index in [0.29, 0.717) is 10.0 Å². The molecule has 1 aliphatic carbocycles. The highest BCUT2D eigenvalue weighted by molar-refractivity contribution is 6.34. The molecule has 1 saturated carbocycles. The molecule has 0 bridgehead atoms. The first-order valence-electron chi connectivity index (χ1n) is 11.4. The standard InChI is InChI=1S/C27H20Cl3N3O3/c28-19-8-4-16(5-9-19)14-18-2-1-3-22-25(18)31-32(26(22)17-6-10-20(29)11-7-17)27(34)23-15-21(33(35)36)12-13-24(23)30/h4-15,22,26H,1-3H2/b18-14+/t22-,26+/m0/s1. The van der Waals surface area contributed by atoms with Gasteiger partial charge in [0.05, 0.1) is 27.3 Å². The van der Waals surface area contributed by atoms with Crippen LogP contribution in [0.25, 0.3) is 6.08 Å². The summed E-state index contributed by atoms with van der Waals surface area (Å²) in [6.07, 6.45) is 4.68. The Morgan fingerprint density at radius 3 is 2.33 bits per heavy atom. The normalized spacial score (nSPS) is 20.2. The van der Waals surface area contributed by atoms with E-state index in [1.165, 1.54) is 23.2 Å². The number of nitrogens with zero attached hydrogens (tertiary/aromatic N) is 3. The topological polar surface area (TPSA) is 75.8 Å². The zero-order valence-electron chi connectivity index (χ0n) is 18.9. The lowest BCUT2D eigenvalue weighted by molar-refractivity contribution is -0.384. The van der Waals surface area contributed by atoms with Gasteiger partial charge in [0, 0.05) is 28.1 Å². The smallest absolute Gasteiger partial charge is 0.267 e. The van der Waals surface area contributed by atoms with E-state index in [2.05, 4.69) is 6.08 Å². The lowest BCUT2D eigenvalue weighted by Crippen LogP contribution is -2.32. The third-order valence-corrected chi connectivity index (χ3v) is 7.36. The van der Waals surface area contributed by atoms with Gasteiger partial charge in [0.15, 0.2) is 0 Å². The van der Waals surface area contributed by atoms with Crippen molar-refractivity contribution in [3.8, 4) is 0 Å². The van der Waals surface area contributed by atoms with E-state index >= 15 is 0 Å². The van der Waals surface area contributed by atoms with E-state index in [1.807, 2.05) is 36.4 Å². The number of hydrazone groups is 1. The lowest BCUT2D eigenvalue weighted by Gasteiger charge is -2.29. The maximum absolute atomic E-state index is 13.8. The number of nitro benzene ring substituents is 1. The van der Waals surface area contributed by atoms with E-state index in [4.69, 9.17) is 39.9 Å². The molecule has 0 N–H and O–H groups in total. The van der Waals surface area contributed by atoms with Gasteiger partial charge >= 0.3 is 0 Å². The van der Waals surface area contributed by atoms with Crippen LogP contribution in [-0.4, -0.2) is 21.6 Å². The predicted octanol–water partition coefficient (Wildman–Crippen LogP) is 7.99. The molecule has 2 aliphatic rings. The summed E-state index contributed by atoms with van der Waals surface area (Å²) >= 11 is 18.5. The second-order valence-corrected chi connectivity index (χ2v) is 10.1. The highest BCUT2D eigenvalue weighted by atomic mass is 35.5. The fourth-order valence-electron chi connectivity index (χ4n) is 4.84. The summed E-state index contributed by atoms with van der Waals surface area (Å²) in [5.41, 5.74) is 3.59. The van der Waals surface area contributed by atoms with Crippen molar-refractivity contribution in [2.24, 2.45) is 11.0 Å². The van der Waals surface area contributed by atoms with E-state index < -0.39 is 16.9 Å². The van der Waals surface area contributed by atoms with E-state index in [1.54, 1.807) is 12.1 Å². The number of amides is 1. The summed E-state index contributed by atoms with van der Waals surface area (Å²) < 4.78 is 0. The molecule has 0 aromatic heterocycles. The molecule has 1 heterocycles. The van der Waals surface area contributed by atoms with Crippen LogP contribution in [0, 0.1) is 16.0 Å². The Hall–Kier alpha value is -3.19.